The number of benzene rings is 3. The van der Waals surface area contributed by atoms with Gasteiger partial charge in [-0.2, -0.15) is 5.10 Å². The van der Waals surface area contributed by atoms with E-state index in [0.717, 1.165) is 51.8 Å². The Kier molecular flexibility index (Phi) is 6.73. The average Bonchev–Trinajstić information content (AvgIpc) is 3.51. The molecule has 1 amide bonds. The third-order valence-electron chi connectivity index (χ3n) is 6.93. The Morgan fingerprint density at radius 3 is 2.80 bits per heavy atom. The predicted octanol–water partition coefficient (Wildman–Crippen LogP) is 5.63. The Hall–Kier alpha value is -3.38. The van der Waals surface area contributed by atoms with Gasteiger partial charge in [0.05, 0.1) is 11.2 Å². The van der Waals surface area contributed by atoms with E-state index in [-0.39, 0.29) is 5.91 Å². The van der Waals surface area contributed by atoms with Gasteiger partial charge in [0.1, 0.15) is 12.4 Å². The van der Waals surface area contributed by atoms with Gasteiger partial charge in [-0.1, -0.05) is 39.0 Å². The monoisotopic (exact) mass is 470 g/mol. The van der Waals surface area contributed by atoms with Crippen molar-refractivity contribution in [2.24, 2.45) is 5.92 Å². The number of H-pyrrole nitrogens is 1. The molecule has 182 valence electrons. The minimum atomic E-state index is -0.0570. The summed E-state index contributed by atoms with van der Waals surface area (Å²) in [7, 11) is 0. The quantitative estimate of drug-likeness (QED) is 0.350. The summed E-state index contributed by atoms with van der Waals surface area (Å²) in [4.78, 5) is 15.1. The molecule has 3 aromatic carbocycles. The molecule has 0 spiro atoms. The van der Waals surface area contributed by atoms with E-state index in [1.807, 2.05) is 18.2 Å². The zero-order chi connectivity index (χ0) is 24.4. The number of rotatable bonds is 8. The number of nitrogens with zero attached hydrogens (tertiary/aromatic N) is 2. The topological polar surface area (TPSA) is 70.2 Å². The number of likely N-dealkylation sites (N-methyl/N-ethyl adjacent to an activating group) is 1. The third-order valence-corrected chi connectivity index (χ3v) is 6.93. The maximum Gasteiger partial charge on any atom is 0.251 e. The summed E-state index contributed by atoms with van der Waals surface area (Å²) >= 11 is 0. The van der Waals surface area contributed by atoms with Gasteiger partial charge in [-0.05, 0) is 79.0 Å². The standard InChI is InChI=1S/C29H34N4O2/c1-4-33-13-5-6-24(33)18-35-25-11-9-20-14-22(8-7-21(20)15-25)28-26-16-23(10-12-27(26)31-32-28)29(34)30-17-19(2)3/h7-12,14-16,19,24H,4-6,13,17-18H2,1-3H3,(H,30,34)(H,31,32)/t24-/m1/s1. The fraction of sp³-hybridized carbons (Fsp3) is 0.379. The lowest BCUT2D eigenvalue weighted by Crippen LogP contribution is -2.33. The Morgan fingerprint density at radius 2 is 1.97 bits per heavy atom. The number of nitrogens with one attached hydrogen (secondary N) is 2. The first kappa shape index (κ1) is 23.4. The molecule has 35 heavy (non-hydrogen) atoms. The van der Waals surface area contributed by atoms with Crippen LogP contribution in [0.15, 0.2) is 54.6 Å². The molecule has 5 rings (SSSR count). The van der Waals surface area contributed by atoms with Crippen molar-refractivity contribution in [3.63, 3.8) is 0 Å². The second-order valence-electron chi connectivity index (χ2n) is 9.90. The summed E-state index contributed by atoms with van der Waals surface area (Å²) in [6.07, 6.45) is 2.47. The van der Waals surface area contributed by atoms with Crippen LogP contribution < -0.4 is 10.1 Å². The molecule has 1 aliphatic heterocycles. The number of ether oxygens (including phenoxy) is 1. The number of fused-ring (bicyclic) bond motifs is 2. The van der Waals surface area contributed by atoms with Crippen LogP contribution in [0.1, 0.15) is 44.0 Å². The van der Waals surface area contributed by atoms with Crippen LogP contribution >= 0.6 is 0 Å². The largest absolute Gasteiger partial charge is 0.492 e. The van der Waals surface area contributed by atoms with Crippen molar-refractivity contribution in [3.05, 3.63) is 60.2 Å². The van der Waals surface area contributed by atoms with Crippen molar-refractivity contribution in [2.75, 3.05) is 26.2 Å². The number of amides is 1. The van der Waals surface area contributed by atoms with Crippen molar-refractivity contribution in [2.45, 2.75) is 39.7 Å². The fourth-order valence-electron chi connectivity index (χ4n) is 4.93. The lowest BCUT2D eigenvalue weighted by Gasteiger charge is -2.22. The molecule has 0 unspecified atom stereocenters. The molecule has 1 atom stereocenters. The maximum absolute atomic E-state index is 12.6. The van der Waals surface area contributed by atoms with Crippen LogP contribution in [0.2, 0.25) is 0 Å². The molecular weight excluding hydrogens is 436 g/mol. The van der Waals surface area contributed by atoms with Crippen LogP contribution in [-0.4, -0.2) is 53.3 Å². The molecule has 0 bridgehead atoms. The number of aromatic nitrogens is 2. The number of hydrogen-bond acceptors (Lipinski definition) is 4. The summed E-state index contributed by atoms with van der Waals surface area (Å²) in [6, 6.07) is 18.8. The third kappa shape index (κ3) is 5.03. The lowest BCUT2D eigenvalue weighted by molar-refractivity contribution is 0.0949. The van der Waals surface area contributed by atoms with Gasteiger partial charge >= 0.3 is 0 Å². The first-order valence-electron chi connectivity index (χ1n) is 12.7. The molecule has 1 aliphatic rings. The van der Waals surface area contributed by atoms with Crippen LogP contribution in [0.4, 0.5) is 0 Å². The molecule has 4 aromatic rings. The predicted molar refractivity (Wildman–Crippen MR) is 142 cm³/mol. The summed E-state index contributed by atoms with van der Waals surface area (Å²) in [5.74, 6) is 1.26. The van der Waals surface area contributed by atoms with Gasteiger partial charge in [-0.15, -0.1) is 0 Å². The zero-order valence-electron chi connectivity index (χ0n) is 20.8. The first-order chi connectivity index (χ1) is 17.0. The Balaban J connectivity index is 1.36. The zero-order valence-corrected chi connectivity index (χ0v) is 20.8. The van der Waals surface area contributed by atoms with E-state index in [4.69, 9.17) is 4.74 Å². The number of aromatic amines is 1. The van der Waals surface area contributed by atoms with Gasteiger partial charge in [-0.25, -0.2) is 0 Å². The van der Waals surface area contributed by atoms with Gasteiger partial charge in [0, 0.05) is 29.1 Å². The van der Waals surface area contributed by atoms with E-state index in [9.17, 15) is 4.79 Å². The van der Waals surface area contributed by atoms with E-state index in [0.29, 0.717) is 24.1 Å². The van der Waals surface area contributed by atoms with E-state index >= 15 is 0 Å². The van der Waals surface area contributed by atoms with Gasteiger partial charge in [0.2, 0.25) is 0 Å². The number of hydrogen-bond donors (Lipinski definition) is 2. The maximum atomic E-state index is 12.6. The van der Waals surface area contributed by atoms with Gasteiger partial charge in [0.15, 0.2) is 0 Å². The molecule has 1 aromatic heterocycles. The molecule has 6 nitrogen and oxygen atoms in total. The molecular formula is C29H34N4O2. The number of carbonyl (C=O) groups excluding carboxylic acids is 1. The summed E-state index contributed by atoms with van der Waals surface area (Å²) in [6.45, 7) is 10.0. The number of carbonyl (C=O) groups is 1. The molecule has 1 fully saturated rings. The fourth-order valence-corrected chi connectivity index (χ4v) is 4.93. The second-order valence-corrected chi connectivity index (χ2v) is 9.90. The molecule has 1 saturated heterocycles. The van der Waals surface area contributed by atoms with Crippen molar-refractivity contribution in [3.8, 4) is 17.0 Å². The summed E-state index contributed by atoms with van der Waals surface area (Å²) in [5.41, 5.74) is 3.42. The van der Waals surface area contributed by atoms with Crippen molar-refractivity contribution in [1.29, 1.82) is 0 Å². The van der Waals surface area contributed by atoms with E-state index < -0.39 is 0 Å². The molecule has 0 aliphatic carbocycles. The van der Waals surface area contributed by atoms with Crippen molar-refractivity contribution < 1.29 is 9.53 Å². The van der Waals surface area contributed by atoms with Crippen molar-refractivity contribution in [1.82, 2.24) is 20.4 Å². The average molecular weight is 471 g/mol. The molecule has 2 heterocycles. The SMILES string of the molecule is CCN1CCC[C@@H]1COc1ccc2cc(-c3n[nH]c4ccc(C(=O)NCC(C)C)cc34)ccc2c1. The summed E-state index contributed by atoms with van der Waals surface area (Å²) < 4.78 is 6.16. The van der Waals surface area contributed by atoms with Crippen LogP contribution in [0.5, 0.6) is 5.75 Å². The highest BCUT2D eigenvalue weighted by Crippen LogP contribution is 2.31. The highest BCUT2D eigenvalue weighted by Gasteiger charge is 2.23. The van der Waals surface area contributed by atoms with Crippen LogP contribution in [-0.2, 0) is 0 Å². The Morgan fingerprint density at radius 1 is 1.14 bits per heavy atom. The minimum absolute atomic E-state index is 0.0570. The number of likely N-dealkylation sites (tertiary alicyclic amines) is 1. The normalized spacial score (nSPS) is 16.4. The summed E-state index contributed by atoms with van der Waals surface area (Å²) in [5, 5.41) is 13.9. The van der Waals surface area contributed by atoms with Gasteiger partial charge in [0.25, 0.3) is 5.91 Å². The van der Waals surface area contributed by atoms with Crippen LogP contribution in [0, 0.1) is 5.92 Å². The Bertz CT molecular complexity index is 1340. The first-order valence-corrected chi connectivity index (χ1v) is 12.7. The molecule has 2 N–H and O–H groups in total. The molecule has 0 radical (unpaired) electrons. The van der Waals surface area contributed by atoms with E-state index in [1.54, 1.807) is 0 Å². The molecule has 6 heteroatoms. The second kappa shape index (κ2) is 10.1. The van der Waals surface area contributed by atoms with Gasteiger partial charge in [-0.3, -0.25) is 14.8 Å². The van der Waals surface area contributed by atoms with E-state index in [1.165, 1.54) is 19.4 Å². The minimum Gasteiger partial charge on any atom is -0.492 e. The van der Waals surface area contributed by atoms with Gasteiger partial charge < -0.3 is 10.1 Å². The highest BCUT2D eigenvalue weighted by atomic mass is 16.5. The Labute approximate surface area is 206 Å². The lowest BCUT2D eigenvalue weighted by atomic mass is 10.0. The smallest absolute Gasteiger partial charge is 0.251 e. The van der Waals surface area contributed by atoms with E-state index in [2.05, 4.69) is 77.6 Å². The van der Waals surface area contributed by atoms with Crippen molar-refractivity contribution >= 4 is 27.6 Å². The van der Waals surface area contributed by atoms with Crippen LogP contribution in [0.25, 0.3) is 32.9 Å². The van der Waals surface area contributed by atoms with Crippen LogP contribution in [0.3, 0.4) is 0 Å². The molecule has 0 saturated carbocycles. The highest BCUT2D eigenvalue weighted by molar-refractivity contribution is 6.02.